The van der Waals surface area contributed by atoms with Gasteiger partial charge in [0.05, 0.1) is 10.8 Å². The lowest BCUT2D eigenvalue weighted by molar-refractivity contribution is -0.148. The number of rotatable bonds is 15. The molecule has 0 aromatic heterocycles. The molecule has 6 nitrogen and oxygen atoms in total. The van der Waals surface area contributed by atoms with Crippen molar-refractivity contribution in [1.29, 1.82) is 0 Å². The van der Waals surface area contributed by atoms with Gasteiger partial charge < -0.3 is 20.4 Å². The molecule has 1 aromatic rings. The maximum Gasteiger partial charge on any atom is 0.309 e. The Balaban J connectivity index is 2.49. The Kier molecular flexibility index (Phi) is 10.3. The van der Waals surface area contributed by atoms with Crippen molar-refractivity contribution < 1.29 is 30.0 Å². The highest BCUT2D eigenvalue weighted by Crippen LogP contribution is 2.34. The first-order valence-electron chi connectivity index (χ1n) is 11.4. The molecule has 1 rings (SSSR count). The number of hydrogen-bond donors (Lipinski definition) is 4. The molecular weight excluding hydrogens is 396 g/mol. The summed E-state index contributed by atoms with van der Waals surface area (Å²) < 4.78 is 0. The van der Waals surface area contributed by atoms with E-state index in [2.05, 4.69) is 0 Å². The summed E-state index contributed by atoms with van der Waals surface area (Å²) in [7, 11) is 0. The second-order valence-corrected chi connectivity index (χ2v) is 9.92. The van der Waals surface area contributed by atoms with E-state index in [0.717, 1.165) is 62.5 Å². The number of hydrogen-bond acceptors (Lipinski definition) is 4. The molecule has 176 valence electrons. The Morgan fingerprint density at radius 2 is 1.16 bits per heavy atom. The number of unbranched alkanes of at least 4 members (excludes halogenated alkanes) is 5. The monoisotopic (exact) mass is 436 g/mol. The maximum atomic E-state index is 11.2. The summed E-state index contributed by atoms with van der Waals surface area (Å²) in [6, 6.07) is 3.39. The van der Waals surface area contributed by atoms with E-state index in [1.165, 1.54) is 6.07 Å². The van der Waals surface area contributed by atoms with E-state index in [0.29, 0.717) is 19.3 Å². The lowest BCUT2D eigenvalue weighted by atomic mass is 9.86. The van der Waals surface area contributed by atoms with E-state index in [1.54, 1.807) is 27.7 Å². The lowest BCUT2D eigenvalue weighted by Gasteiger charge is -2.19. The Morgan fingerprint density at radius 1 is 0.710 bits per heavy atom. The Labute approximate surface area is 186 Å². The summed E-state index contributed by atoms with van der Waals surface area (Å²) in [5.41, 5.74) is 0.411. The van der Waals surface area contributed by atoms with Crippen LogP contribution in [0.5, 0.6) is 11.5 Å². The summed E-state index contributed by atoms with van der Waals surface area (Å²) in [6.07, 6.45) is 8.97. The van der Waals surface area contributed by atoms with Crippen molar-refractivity contribution in [3.8, 4) is 11.5 Å². The Hall–Kier alpha value is -2.24. The number of carbonyl (C=O) groups is 2. The summed E-state index contributed by atoms with van der Waals surface area (Å²) in [6.45, 7) is 6.98. The predicted molar refractivity (Wildman–Crippen MR) is 122 cm³/mol. The molecule has 4 N–H and O–H groups in total. The van der Waals surface area contributed by atoms with Gasteiger partial charge in [-0.3, -0.25) is 9.59 Å². The average molecular weight is 437 g/mol. The fraction of sp³-hybridized carbons (Fsp3) is 0.680. The molecule has 0 spiro atoms. The summed E-state index contributed by atoms with van der Waals surface area (Å²) in [5.74, 6) is -1.69. The molecule has 0 fully saturated rings. The Morgan fingerprint density at radius 3 is 1.68 bits per heavy atom. The van der Waals surface area contributed by atoms with Crippen LogP contribution in [-0.2, 0) is 22.4 Å². The summed E-state index contributed by atoms with van der Waals surface area (Å²) >= 11 is 0. The molecule has 0 aliphatic heterocycles. The molecule has 1 aromatic carbocycles. The van der Waals surface area contributed by atoms with Crippen LogP contribution in [0, 0.1) is 10.8 Å². The zero-order valence-corrected chi connectivity index (χ0v) is 19.5. The van der Waals surface area contributed by atoms with Gasteiger partial charge in [0.15, 0.2) is 11.5 Å². The van der Waals surface area contributed by atoms with Gasteiger partial charge >= 0.3 is 11.9 Å². The topological polar surface area (TPSA) is 115 Å². The van der Waals surface area contributed by atoms with Crippen LogP contribution in [-0.4, -0.2) is 32.4 Å². The van der Waals surface area contributed by atoms with Gasteiger partial charge in [0, 0.05) is 5.56 Å². The number of carboxylic acid groups (broad SMARTS) is 2. The maximum absolute atomic E-state index is 11.2. The molecule has 0 saturated heterocycles. The Bertz CT molecular complexity index is 736. The van der Waals surface area contributed by atoms with Crippen LogP contribution < -0.4 is 0 Å². The number of phenolic OH excluding ortho intramolecular Hbond substituents is 2. The van der Waals surface area contributed by atoms with Crippen molar-refractivity contribution in [3.63, 3.8) is 0 Å². The van der Waals surface area contributed by atoms with Gasteiger partial charge in [-0.1, -0.05) is 38.2 Å². The van der Waals surface area contributed by atoms with Crippen molar-refractivity contribution in [2.24, 2.45) is 10.8 Å². The number of carboxylic acids is 2. The van der Waals surface area contributed by atoms with Gasteiger partial charge in [-0.05, 0) is 77.8 Å². The minimum atomic E-state index is -0.773. The number of benzene rings is 1. The first-order valence-corrected chi connectivity index (χ1v) is 11.4. The van der Waals surface area contributed by atoms with E-state index in [1.807, 2.05) is 6.07 Å². The zero-order chi connectivity index (χ0) is 23.7. The minimum Gasteiger partial charge on any atom is -0.504 e. The predicted octanol–water partition coefficient (Wildman–Crippen LogP) is 5.92. The number of phenols is 2. The fourth-order valence-corrected chi connectivity index (χ4v) is 3.67. The normalized spacial score (nSPS) is 12.1. The van der Waals surface area contributed by atoms with E-state index in [-0.39, 0.29) is 11.5 Å². The van der Waals surface area contributed by atoms with Crippen LogP contribution in [0.15, 0.2) is 12.1 Å². The van der Waals surface area contributed by atoms with Gasteiger partial charge in [-0.25, -0.2) is 0 Å². The summed E-state index contributed by atoms with van der Waals surface area (Å²) in [4.78, 5) is 22.3. The molecule has 0 radical (unpaired) electrons. The SMILES string of the molecule is CC(C)(CCCCCCc1c(CCCCCC(C)(C)C(=O)O)ccc(O)c1O)C(=O)O. The van der Waals surface area contributed by atoms with Gasteiger partial charge in [0.2, 0.25) is 0 Å². The second-order valence-electron chi connectivity index (χ2n) is 9.92. The third-order valence-electron chi connectivity index (χ3n) is 6.24. The average Bonchev–Trinajstić information content (AvgIpc) is 2.68. The molecule has 0 atom stereocenters. The molecule has 0 unspecified atom stereocenters. The molecule has 0 aliphatic carbocycles. The number of aryl methyl sites for hydroxylation is 1. The first kappa shape index (κ1) is 26.8. The van der Waals surface area contributed by atoms with Gasteiger partial charge in [-0.2, -0.15) is 0 Å². The third kappa shape index (κ3) is 8.80. The molecule has 6 heteroatoms. The van der Waals surface area contributed by atoms with Crippen molar-refractivity contribution >= 4 is 11.9 Å². The standard InChI is InChI=1S/C25H40O6/c1-24(2,22(28)29)16-10-6-5-9-13-19-18(14-15-20(26)21(19)27)12-8-7-11-17-25(3,4)23(30)31/h14-15,26-27H,5-13,16-17H2,1-4H3,(H,28,29)(H,30,31). The van der Waals surface area contributed by atoms with E-state index in [4.69, 9.17) is 0 Å². The van der Waals surface area contributed by atoms with Crippen LogP contribution in [0.4, 0.5) is 0 Å². The molecular formula is C25H40O6. The lowest BCUT2D eigenvalue weighted by Crippen LogP contribution is -2.23. The minimum absolute atomic E-state index is 0.0449. The third-order valence-corrected chi connectivity index (χ3v) is 6.24. The van der Waals surface area contributed by atoms with Gasteiger partial charge in [-0.15, -0.1) is 0 Å². The van der Waals surface area contributed by atoms with Crippen LogP contribution in [0.2, 0.25) is 0 Å². The highest BCUT2D eigenvalue weighted by Gasteiger charge is 2.26. The van der Waals surface area contributed by atoms with Gasteiger partial charge in [0.25, 0.3) is 0 Å². The number of aromatic hydroxyl groups is 2. The molecule has 0 amide bonds. The smallest absolute Gasteiger partial charge is 0.309 e. The van der Waals surface area contributed by atoms with E-state index >= 15 is 0 Å². The van der Waals surface area contributed by atoms with Crippen molar-refractivity contribution in [1.82, 2.24) is 0 Å². The van der Waals surface area contributed by atoms with Crippen molar-refractivity contribution in [2.45, 2.75) is 98.3 Å². The van der Waals surface area contributed by atoms with Crippen LogP contribution in [0.25, 0.3) is 0 Å². The van der Waals surface area contributed by atoms with Crippen LogP contribution in [0.3, 0.4) is 0 Å². The van der Waals surface area contributed by atoms with Crippen molar-refractivity contribution in [2.75, 3.05) is 0 Å². The van der Waals surface area contributed by atoms with E-state index in [9.17, 15) is 30.0 Å². The highest BCUT2D eigenvalue weighted by molar-refractivity contribution is 5.73. The number of aliphatic carboxylic acids is 2. The molecule has 31 heavy (non-hydrogen) atoms. The summed E-state index contributed by atoms with van der Waals surface area (Å²) in [5, 5.41) is 38.6. The first-order chi connectivity index (χ1) is 14.4. The highest BCUT2D eigenvalue weighted by atomic mass is 16.4. The molecule has 0 saturated carbocycles. The van der Waals surface area contributed by atoms with Crippen molar-refractivity contribution in [3.05, 3.63) is 23.3 Å². The molecule has 0 heterocycles. The largest absolute Gasteiger partial charge is 0.504 e. The van der Waals surface area contributed by atoms with Crippen LogP contribution >= 0.6 is 0 Å². The van der Waals surface area contributed by atoms with Crippen LogP contribution in [0.1, 0.15) is 96.6 Å². The fourth-order valence-electron chi connectivity index (χ4n) is 3.67. The van der Waals surface area contributed by atoms with Gasteiger partial charge in [0.1, 0.15) is 0 Å². The quantitative estimate of drug-likeness (QED) is 0.200. The van der Waals surface area contributed by atoms with E-state index < -0.39 is 22.8 Å². The molecule has 0 aliphatic rings. The molecule has 0 bridgehead atoms. The zero-order valence-electron chi connectivity index (χ0n) is 19.5. The second kappa shape index (κ2) is 12.0.